The van der Waals surface area contributed by atoms with Gasteiger partial charge in [0.1, 0.15) is 12.6 Å². The van der Waals surface area contributed by atoms with Gasteiger partial charge in [0.05, 0.1) is 15.6 Å². The summed E-state index contributed by atoms with van der Waals surface area (Å²) >= 11 is 25.4. The van der Waals surface area contributed by atoms with Crippen LogP contribution < -0.4 is 9.62 Å². The van der Waals surface area contributed by atoms with E-state index in [-0.39, 0.29) is 38.6 Å². The topological polar surface area (TPSA) is 86.8 Å². The fourth-order valence-corrected chi connectivity index (χ4v) is 6.94. The van der Waals surface area contributed by atoms with Crippen LogP contribution in [0, 0.1) is 0 Å². The highest BCUT2D eigenvalue weighted by Gasteiger charge is 2.35. The van der Waals surface area contributed by atoms with E-state index in [2.05, 4.69) is 5.32 Å². The number of amides is 2. The maximum absolute atomic E-state index is 14.4. The molecule has 230 valence electrons. The Morgan fingerprint density at radius 3 is 2.05 bits per heavy atom. The predicted molar refractivity (Wildman–Crippen MR) is 177 cm³/mol. The zero-order chi connectivity index (χ0) is 31.9. The van der Waals surface area contributed by atoms with E-state index < -0.39 is 34.4 Å². The molecule has 0 spiro atoms. The molecule has 0 saturated carbocycles. The maximum Gasteiger partial charge on any atom is 0.264 e. The highest BCUT2D eigenvalue weighted by atomic mass is 35.5. The second-order valence-electron chi connectivity index (χ2n) is 9.78. The number of hydrogen-bond donors (Lipinski definition) is 1. The molecule has 7 nitrogen and oxygen atoms in total. The predicted octanol–water partition coefficient (Wildman–Crippen LogP) is 7.27. The van der Waals surface area contributed by atoms with Crippen molar-refractivity contribution in [2.75, 3.05) is 17.4 Å². The molecule has 0 radical (unpaired) electrons. The Morgan fingerprint density at radius 1 is 0.795 bits per heavy atom. The van der Waals surface area contributed by atoms with Crippen molar-refractivity contribution < 1.29 is 18.0 Å². The Hall–Kier alpha value is -3.27. The van der Waals surface area contributed by atoms with Crippen LogP contribution in [0.15, 0.2) is 102 Å². The largest absolute Gasteiger partial charge is 0.355 e. The second-order valence-corrected chi connectivity index (χ2v) is 13.3. The van der Waals surface area contributed by atoms with Crippen molar-refractivity contribution in [1.29, 1.82) is 0 Å². The van der Waals surface area contributed by atoms with Gasteiger partial charge in [-0.3, -0.25) is 13.9 Å². The van der Waals surface area contributed by atoms with Crippen molar-refractivity contribution in [1.82, 2.24) is 10.2 Å². The monoisotopic (exact) mass is 691 g/mol. The van der Waals surface area contributed by atoms with Gasteiger partial charge in [0.15, 0.2) is 0 Å². The Kier molecular flexibility index (Phi) is 11.6. The molecule has 0 aliphatic heterocycles. The summed E-state index contributed by atoms with van der Waals surface area (Å²) in [5.41, 5.74) is 1.33. The van der Waals surface area contributed by atoms with Gasteiger partial charge in [-0.2, -0.15) is 0 Å². The average molecular weight is 693 g/mol. The molecule has 2 amide bonds. The molecule has 0 aliphatic carbocycles. The smallest absolute Gasteiger partial charge is 0.264 e. The summed E-state index contributed by atoms with van der Waals surface area (Å²) < 4.78 is 29.0. The van der Waals surface area contributed by atoms with E-state index in [1.807, 2.05) is 30.3 Å². The molecule has 0 fully saturated rings. The van der Waals surface area contributed by atoms with Crippen molar-refractivity contribution in [3.05, 3.63) is 128 Å². The number of hydrogen-bond acceptors (Lipinski definition) is 4. The molecule has 4 rings (SSSR count). The standard InChI is InChI=1S/C32H29Cl4N3O4S/c1-2-37-32(41)30(17-22-9-5-3-6-10-22)38(20-23-13-14-24(33)18-28(23)36)31(40)21-39(29-19-25(34)15-16-27(29)35)44(42,43)26-11-7-4-8-12-26/h3-16,18-19,30H,2,17,20-21H2,1H3,(H,37,41)/t30-/m1/s1. The molecular weight excluding hydrogens is 664 g/mol. The van der Waals surface area contributed by atoms with Gasteiger partial charge in [-0.1, -0.05) is 101 Å². The van der Waals surface area contributed by atoms with Gasteiger partial charge < -0.3 is 10.2 Å². The minimum atomic E-state index is -4.32. The van der Waals surface area contributed by atoms with E-state index in [0.29, 0.717) is 17.1 Å². The van der Waals surface area contributed by atoms with Crippen LogP contribution in [0.5, 0.6) is 0 Å². The molecule has 0 bridgehead atoms. The van der Waals surface area contributed by atoms with Gasteiger partial charge in [0.2, 0.25) is 11.8 Å². The van der Waals surface area contributed by atoms with Crippen molar-refractivity contribution in [2.45, 2.75) is 30.8 Å². The summed E-state index contributed by atoms with van der Waals surface area (Å²) in [4.78, 5) is 29.3. The Morgan fingerprint density at radius 2 is 1.41 bits per heavy atom. The summed E-state index contributed by atoms with van der Waals surface area (Å²) in [7, 11) is -4.32. The Balaban J connectivity index is 1.84. The second kappa shape index (κ2) is 15.1. The lowest BCUT2D eigenvalue weighted by molar-refractivity contribution is -0.140. The number of nitrogens with zero attached hydrogens (tertiary/aromatic N) is 2. The number of rotatable bonds is 12. The van der Waals surface area contributed by atoms with Gasteiger partial charge in [0.25, 0.3) is 10.0 Å². The van der Waals surface area contributed by atoms with Gasteiger partial charge in [-0.15, -0.1) is 0 Å². The number of sulfonamides is 1. The molecule has 12 heteroatoms. The van der Waals surface area contributed by atoms with Gasteiger partial charge >= 0.3 is 0 Å². The van der Waals surface area contributed by atoms with Crippen molar-refractivity contribution in [2.24, 2.45) is 0 Å². The minimum Gasteiger partial charge on any atom is -0.355 e. The average Bonchev–Trinajstić information content (AvgIpc) is 3.01. The lowest BCUT2D eigenvalue weighted by Crippen LogP contribution is -2.53. The molecule has 1 atom stereocenters. The number of nitrogens with one attached hydrogen (secondary N) is 1. The Labute approximate surface area is 277 Å². The molecule has 0 aromatic heterocycles. The third-order valence-corrected chi connectivity index (χ3v) is 9.68. The molecule has 0 saturated heterocycles. The van der Waals surface area contributed by atoms with Crippen molar-refractivity contribution >= 4 is 73.9 Å². The van der Waals surface area contributed by atoms with Crippen LogP contribution in [-0.4, -0.2) is 44.3 Å². The van der Waals surface area contributed by atoms with Crippen LogP contribution in [0.3, 0.4) is 0 Å². The number of anilines is 1. The van der Waals surface area contributed by atoms with E-state index in [0.717, 1.165) is 9.87 Å². The third kappa shape index (κ3) is 8.25. The van der Waals surface area contributed by atoms with Crippen LogP contribution in [0.25, 0.3) is 0 Å². The van der Waals surface area contributed by atoms with Crippen LogP contribution >= 0.6 is 46.4 Å². The Bertz CT molecular complexity index is 1720. The van der Waals surface area contributed by atoms with Gasteiger partial charge in [-0.05, 0) is 60.5 Å². The van der Waals surface area contributed by atoms with E-state index in [9.17, 15) is 18.0 Å². The normalized spacial score (nSPS) is 11.9. The fraction of sp³-hybridized carbons (Fsp3) is 0.188. The first kappa shape index (κ1) is 33.6. The minimum absolute atomic E-state index is 0.0125. The summed E-state index contributed by atoms with van der Waals surface area (Å²) in [6.07, 6.45) is 0.160. The summed E-state index contributed by atoms with van der Waals surface area (Å²) in [6, 6.07) is 25.0. The first-order valence-electron chi connectivity index (χ1n) is 13.6. The summed E-state index contributed by atoms with van der Waals surface area (Å²) in [6.45, 7) is 1.30. The molecule has 0 heterocycles. The summed E-state index contributed by atoms with van der Waals surface area (Å²) in [5.74, 6) is -1.08. The SMILES string of the molecule is CCNC(=O)[C@@H](Cc1ccccc1)N(Cc1ccc(Cl)cc1Cl)C(=O)CN(c1cc(Cl)ccc1Cl)S(=O)(=O)c1ccccc1. The van der Waals surface area contributed by atoms with E-state index >= 15 is 0 Å². The van der Waals surface area contributed by atoms with Crippen molar-refractivity contribution in [3.8, 4) is 0 Å². The van der Waals surface area contributed by atoms with E-state index in [1.54, 1.807) is 37.3 Å². The van der Waals surface area contributed by atoms with Crippen LogP contribution in [0.1, 0.15) is 18.1 Å². The highest BCUT2D eigenvalue weighted by molar-refractivity contribution is 7.92. The number of benzene rings is 4. The van der Waals surface area contributed by atoms with Crippen LogP contribution in [0.4, 0.5) is 5.69 Å². The number of carbonyl (C=O) groups excluding carboxylic acids is 2. The third-order valence-electron chi connectivity index (χ3n) is 6.76. The molecule has 1 N–H and O–H groups in total. The van der Waals surface area contributed by atoms with Crippen molar-refractivity contribution in [3.63, 3.8) is 0 Å². The van der Waals surface area contributed by atoms with Gasteiger partial charge in [0, 0.05) is 34.6 Å². The number of halogens is 4. The first-order valence-corrected chi connectivity index (χ1v) is 16.5. The molecule has 44 heavy (non-hydrogen) atoms. The quantitative estimate of drug-likeness (QED) is 0.169. The molecule has 0 aliphatic rings. The molecular formula is C32H29Cl4N3O4S. The maximum atomic E-state index is 14.4. The van der Waals surface area contributed by atoms with Gasteiger partial charge in [-0.25, -0.2) is 8.42 Å². The lowest BCUT2D eigenvalue weighted by atomic mass is 10.0. The first-order chi connectivity index (χ1) is 21.0. The summed E-state index contributed by atoms with van der Waals surface area (Å²) in [5, 5.41) is 3.79. The van der Waals surface area contributed by atoms with Crippen LogP contribution in [-0.2, 0) is 32.6 Å². The number of likely N-dealkylation sites (N-methyl/N-ethyl adjacent to an activating group) is 1. The fourth-order valence-electron chi connectivity index (χ4n) is 4.59. The van der Waals surface area contributed by atoms with E-state index in [4.69, 9.17) is 46.4 Å². The van der Waals surface area contributed by atoms with Crippen LogP contribution in [0.2, 0.25) is 20.1 Å². The molecule has 0 unspecified atom stereocenters. The molecule has 4 aromatic rings. The number of carbonyl (C=O) groups is 2. The zero-order valence-electron chi connectivity index (χ0n) is 23.6. The molecule has 4 aromatic carbocycles. The highest BCUT2D eigenvalue weighted by Crippen LogP contribution is 2.33. The van der Waals surface area contributed by atoms with E-state index in [1.165, 1.54) is 41.3 Å². The lowest BCUT2D eigenvalue weighted by Gasteiger charge is -2.34. The zero-order valence-corrected chi connectivity index (χ0v) is 27.4.